The van der Waals surface area contributed by atoms with Gasteiger partial charge in [-0.15, -0.1) is 0 Å². The fourth-order valence-corrected chi connectivity index (χ4v) is 1.62. The Bertz CT molecular complexity index is 439. The van der Waals surface area contributed by atoms with Gasteiger partial charge in [-0.25, -0.2) is 0 Å². The van der Waals surface area contributed by atoms with Gasteiger partial charge in [-0.05, 0) is 19.4 Å². The highest BCUT2D eigenvalue weighted by Gasteiger charge is 2.35. The zero-order valence-electron chi connectivity index (χ0n) is 10.2. The first-order valence-corrected chi connectivity index (χ1v) is 5.43. The number of carbonyl (C=O) groups is 2. The van der Waals surface area contributed by atoms with Gasteiger partial charge in [-0.1, -0.05) is 25.1 Å². The molecule has 1 unspecified atom stereocenters. The Morgan fingerprint density at radius 1 is 1.35 bits per heavy atom. The highest BCUT2D eigenvalue weighted by Crippen LogP contribution is 2.34. The van der Waals surface area contributed by atoms with Crippen LogP contribution in [-0.2, 0) is 15.0 Å². The topological polar surface area (TPSA) is 63.6 Å². The van der Waals surface area contributed by atoms with Gasteiger partial charge >= 0.3 is 11.9 Å². The number of hydrogen-bond donors (Lipinski definition) is 1. The first-order valence-electron chi connectivity index (χ1n) is 5.43. The molecule has 0 amide bonds. The molecule has 0 radical (unpaired) electrons. The van der Waals surface area contributed by atoms with Crippen molar-refractivity contribution in [2.45, 2.75) is 32.6 Å². The largest absolute Gasteiger partial charge is 0.481 e. The molecule has 92 valence electrons. The summed E-state index contributed by atoms with van der Waals surface area (Å²) in [6, 6.07) is 6.72. The second-order valence-corrected chi connectivity index (χ2v) is 4.08. The van der Waals surface area contributed by atoms with Crippen molar-refractivity contribution in [1.82, 2.24) is 0 Å². The average Bonchev–Trinajstić information content (AvgIpc) is 2.27. The molecular weight excluding hydrogens is 220 g/mol. The number of carbonyl (C=O) groups excluding carboxylic acids is 1. The van der Waals surface area contributed by atoms with Crippen molar-refractivity contribution < 1.29 is 19.4 Å². The van der Waals surface area contributed by atoms with Crippen LogP contribution in [-0.4, -0.2) is 17.0 Å². The van der Waals surface area contributed by atoms with Gasteiger partial charge in [0.05, 0.1) is 5.41 Å². The Hall–Kier alpha value is -1.84. The number of para-hydroxylation sites is 1. The zero-order chi connectivity index (χ0) is 13.1. The fourth-order valence-electron chi connectivity index (χ4n) is 1.62. The molecule has 0 aliphatic carbocycles. The molecule has 17 heavy (non-hydrogen) atoms. The molecule has 0 aromatic heterocycles. The summed E-state index contributed by atoms with van der Waals surface area (Å²) in [4.78, 5) is 22.3. The number of carboxylic acids is 1. The van der Waals surface area contributed by atoms with Gasteiger partial charge in [-0.2, -0.15) is 0 Å². The van der Waals surface area contributed by atoms with Crippen LogP contribution in [0.1, 0.15) is 32.8 Å². The van der Waals surface area contributed by atoms with Crippen molar-refractivity contribution in [2.75, 3.05) is 0 Å². The maximum Gasteiger partial charge on any atom is 0.313 e. The van der Waals surface area contributed by atoms with Crippen LogP contribution in [0.3, 0.4) is 0 Å². The number of hydrogen-bond acceptors (Lipinski definition) is 3. The van der Waals surface area contributed by atoms with E-state index in [1.165, 1.54) is 6.92 Å². The summed E-state index contributed by atoms with van der Waals surface area (Å²) in [5.41, 5.74) is -0.531. The number of esters is 1. The summed E-state index contributed by atoms with van der Waals surface area (Å²) in [6.45, 7) is 4.71. The summed E-state index contributed by atoms with van der Waals surface area (Å²) in [5.74, 6) is -1.08. The molecule has 0 bridgehead atoms. The molecule has 1 aromatic rings. The summed E-state index contributed by atoms with van der Waals surface area (Å²) in [6.07, 6.45) is 0.417. The second kappa shape index (κ2) is 4.99. The molecule has 1 N–H and O–H groups in total. The molecule has 0 saturated carbocycles. The van der Waals surface area contributed by atoms with Crippen molar-refractivity contribution in [2.24, 2.45) is 0 Å². The first kappa shape index (κ1) is 13.2. The second-order valence-electron chi connectivity index (χ2n) is 4.08. The minimum atomic E-state index is -1.05. The molecule has 0 aliphatic heterocycles. The van der Waals surface area contributed by atoms with Crippen LogP contribution < -0.4 is 4.74 Å². The summed E-state index contributed by atoms with van der Waals surface area (Å²) in [7, 11) is 0. The van der Waals surface area contributed by atoms with E-state index in [0.29, 0.717) is 17.7 Å². The lowest BCUT2D eigenvalue weighted by molar-refractivity contribution is -0.143. The number of benzene rings is 1. The maximum atomic E-state index is 11.4. The number of carboxylic acid groups (broad SMARTS) is 1. The Morgan fingerprint density at radius 2 is 1.94 bits per heavy atom. The van der Waals surface area contributed by atoms with Crippen molar-refractivity contribution in [1.29, 1.82) is 0 Å². The molecule has 1 atom stereocenters. The molecule has 1 aromatic carbocycles. The zero-order valence-corrected chi connectivity index (χ0v) is 10.2. The van der Waals surface area contributed by atoms with Gasteiger partial charge in [0.1, 0.15) is 5.75 Å². The van der Waals surface area contributed by atoms with Gasteiger partial charge in [0.15, 0.2) is 0 Å². The van der Waals surface area contributed by atoms with Crippen LogP contribution in [0.4, 0.5) is 0 Å². The molecule has 0 spiro atoms. The van der Waals surface area contributed by atoms with Crippen LogP contribution >= 0.6 is 0 Å². The molecule has 0 aliphatic rings. The third kappa shape index (κ3) is 2.64. The SMILES string of the molecule is CCC(C)(C(=O)O)c1ccccc1OC(C)=O. The lowest BCUT2D eigenvalue weighted by atomic mass is 9.79. The predicted molar refractivity (Wildman–Crippen MR) is 63.0 cm³/mol. The molecule has 1 rings (SSSR count). The first-order chi connectivity index (χ1) is 7.91. The molecule has 0 saturated heterocycles. The van der Waals surface area contributed by atoms with E-state index in [-0.39, 0.29) is 0 Å². The van der Waals surface area contributed by atoms with Gasteiger partial charge < -0.3 is 9.84 Å². The van der Waals surface area contributed by atoms with E-state index in [2.05, 4.69) is 0 Å². The van der Waals surface area contributed by atoms with Gasteiger partial charge in [0, 0.05) is 12.5 Å². The summed E-state index contributed by atoms with van der Waals surface area (Å²) >= 11 is 0. The van der Waals surface area contributed by atoms with E-state index in [9.17, 15) is 14.7 Å². The molecule has 0 heterocycles. The van der Waals surface area contributed by atoms with Crippen molar-refractivity contribution >= 4 is 11.9 Å². The van der Waals surface area contributed by atoms with E-state index in [4.69, 9.17) is 4.74 Å². The minimum absolute atomic E-state index is 0.312. The third-order valence-corrected chi connectivity index (χ3v) is 2.91. The van der Waals surface area contributed by atoms with Crippen LogP contribution in [0.5, 0.6) is 5.75 Å². The molecule has 0 fully saturated rings. The fraction of sp³-hybridized carbons (Fsp3) is 0.385. The average molecular weight is 236 g/mol. The van der Waals surface area contributed by atoms with Crippen LogP contribution in [0.15, 0.2) is 24.3 Å². The van der Waals surface area contributed by atoms with Crippen molar-refractivity contribution in [3.8, 4) is 5.75 Å². The number of rotatable bonds is 4. The predicted octanol–water partition coefficient (Wildman–Crippen LogP) is 2.36. The van der Waals surface area contributed by atoms with Gasteiger partial charge in [0.2, 0.25) is 0 Å². The molecule has 4 heteroatoms. The summed E-state index contributed by atoms with van der Waals surface area (Å²) in [5, 5.41) is 9.30. The highest BCUT2D eigenvalue weighted by atomic mass is 16.5. The van der Waals surface area contributed by atoms with Gasteiger partial charge in [-0.3, -0.25) is 9.59 Å². The molecule has 4 nitrogen and oxygen atoms in total. The maximum absolute atomic E-state index is 11.4. The smallest absolute Gasteiger partial charge is 0.313 e. The van der Waals surface area contributed by atoms with Crippen molar-refractivity contribution in [3.63, 3.8) is 0 Å². The standard InChI is InChI=1S/C13H16O4/c1-4-13(3,12(15)16)10-7-5-6-8-11(10)17-9(2)14/h5-8H,4H2,1-3H3,(H,15,16). The monoisotopic (exact) mass is 236 g/mol. The normalized spacial score (nSPS) is 13.8. The lowest BCUT2D eigenvalue weighted by Gasteiger charge is -2.25. The Labute approximate surface area is 100 Å². The quantitative estimate of drug-likeness (QED) is 0.644. The van der Waals surface area contributed by atoms with Crippen molar-refractivity contribution in [3.05, 3.63) is 29.8 Å². The summed E-state index contributed by atoms with van der Waals surface area (Å²) < 4.78 is 5.04. The number of aliphatic carboxylic acids is 1. The highest BCUT2D eigenvalue weighted by molar-refractivity contribution is 5.82. The third-order valence-electron chi connectivity index (χ3n) is 2.91. The van der Waals surface area contributed by atoms with Crippen LogP contribution in [0.2, 0.25) is 0 Å². The molecular formula is C13H16O4. The Balaban J connectivity index is 3.29. The van der Waals surface area contributed by atoms with Crippen LogP contribution in [0.25, 0.3) is 0 Å². The Morgan fingerprint density at radius 3 is 2.41 bits per heavy atom. The van der Waals surface area contributed by atoms with Crippen LogP contribution in [0, 0.1) is 0 Å². The van der Waals surface area contributed by atoms with E-state index in [1.54, 1.807) is 38.1 Å². The Kier molecular flexibility index (Phi) is 3.89. The van der Waals surface area contributed by atoms with E-state index < -0.39 is 17.4 Å². The van der Waals surface area contributed by atoms with E-state index in [1.807, 2.05) is 0 Å². The number of ether oxygens (including phenoxy) is 1. The van der Waals surface area contributed by atoms with Gasteiger partial charge in [0.25, 0.3) is 0 Å². The lowest BCUT2D eigenvalue weighted by Crippen LogP contribution is -2.32. The van der Waals surface area contributed by atoms with E-state index in [0.717, 1.165) is 0 Å². The minimum Gasteiger partial charge on any atom is -0.481 e. The van der Waals surface area contributed by atoms with E-state index >= 15 is 0 Å².